The van der Waals surface area contributed by atoms with Crippen LogP contribution in [0.3, 0.4) is 0 Å². The summed E-state index contributed by atoms with van der Waals surface area (Å²) in [5.74, 6) is 0.276. The van der Waals surface area contributed by atoms with E-state index in [4.69, 9.17) is 11.5 Å². The molecule has 5 heteroatoms. The van der Waals surface area contributed by atoms with Crippen LogP contribution in [0.1, 0.15) is 11.1 Å². The van der Waals surface area contributed by atoms with Crippen molar-refractivity contribution in [3.63, 3.8) is 0 Å². The molecule has 4 rings (SSSR count). The summed E-state index contributed by atoms with van der Waals surface area (Å²) in [5, 5.41) is 0.873. The lowest BCUT2D eigenvalue weighted by atomic mass is 9.97. The van der Waals surface area contributed by atoms with Gasteiger partial charge in [-0.1, -0.05) is 18.2 Å². The number of benzene rings is 2. The van der Waals surface area contributed by atoms with Crippen molar-refractivity contribution < 1.29 is 0 Å². The van der Waals surface area contributed by atoms with E-state index in [0.29, 0.717) is 5.69 Å². The number of rotatable bonds is 1. The highest BCUT2D eigenvalue weighted by atomic mass is 15.1. The van der Waals surface area contributed by atoms with Crippen molar-refractivity contribution in [3.8, 4) is 11.3 Å². The Morgan fingerprint density at radius 1 is 0.958 bits per heavy atom. The zero-order valence-electron chi connectivity index (χ0n) is 13.8. The summed E-state index contributed by atoms with van der Waals surface area (Å²) in [4.78, 5) is 11.2. The van der Waals surface area contributed by atoms with Gasteiger partial charge >= 0.3 is 0 Å². The largest absolute Gasteiger partial charge is 0.398 e. The second-order valence-electron chi connectivity index (χ2n) is 6.46. The van der Waals surface area contributed by atoms with Crippen molar-refractivity contribution in [2.45, 2.75) is 12.8 Å². The van der Waals surface area contributed by atoms with Gasteiger partial charge in [0.25, 0.3) is 0 Å². The highest BCUT2D eigenvalue weighted by molar-refractivity contribution is 6.01. The number of nitrogens with two attached hydrogens (primary N) is 2. The maximum Gasteiger partial charge on any atom is 0.221 e. The van der Waals surface area contributed by atoms with Crippen LogP contribution in [0.2, 0.25) is 0 Å². The number of fused-ring (bicyclic) bond motifs is 2. The predicted molar refractivity (Wildman–Crippen MR) is 98.7 cm³/mol. The molecule has 24 heavy (non-hydrogen) atoms. The number of nitrogen functional groups attached to an aromatic ring is 2. The van der Waals surface area contributed by atoms with Gasteiger partial charge in [0.2, 0.25) is 5.95 Å². The van der Waals surface area contributed by atoms with Crippen LogP contribution in [0.25, 0.3) is 22.2 Å². The van der Waals surface area contributed by atoms with Crippen LogP contribution in [0.5, 0.6) is 0 Å². The molecule has 0 saturated heterocycles. The molecule has 2 aromatic carbocycles. The molecule has 0 spiro atoms. The van der Waals surface area contributed by atoms with Crippen LogP contribution in [0, 0.1) is 0 Å². The average molecular weight is 319 g/mol. The first-order valence-electron chi connectivity index (χ1n) is 8.24. The Morgan fingerprint density at radius 3 is 2.58 bits per heavy atom. The van der Waals surface area contributed by atoms with E-state index in [0.717, 1.165) is 48.1 Å². The van der Waals surface area contributed by atoms with Crippen LogP contribution >= 0.6 is 0 Å². The molecular weight excluding hydrogens is 298 g/mol. The summed E-state index contributed by atoms with van der Waals surface area (Å²) < 4.78 is 0. The minimum atomic E-state index is 0.276. The van der Waals surface area contributed by atoms with Crippen LogP contribution in [0.15, 0.2) is 36.4 Å². The van der Waals surface area contributed by atoms with Crippen molar-refractivity contribution in [2.75, 3.05) is 31.6 Å². The standard InChI is InChI=1S/C19H21N5/c1-24-9-7-12-5-6-14(11-13(12)8-10-24)18-17-15(20)3-2-4-16(17)22-19(21)23-18/h2-6,11H,7-10,20H2,1H3,(H2,21,22,23). The van der Waals surface area contributed by atoms with Crippen molar-refractivity contribution in [2.24, 2.45) is 0 Å². The Labute approximate surface area is 141 Å². The number of hydrogen-bond donors (Lipinski definition) is 2. The first-order chi connectivity index (χ1) is 11.6. The lowest BCUT2D eigenvalue weighted by molar-refractivity contribution is 0.352. The lowest BCUT2D eigenvalue weighted by Gasteiger charge is -2.12. The third-order valence-corrected chi connectivity index (χ3v) is 4.78. The Kier molecular flexibility index (Phi) is 3.58. The first kappa shape index (κ1) is 14.9. The van der Waals surface area contributed by atoms with E-state index < -0.39 is 0 Å². The molecule has 1 aliphatic heterocycles. The van der Waals surface area contributed by atoms with Crippen LogP contribution in [0.4, 0.5) is 11.6 Å². The second kappa shape index (κ2) is 5.76. The molecule has 0 bridgehead atoms. The minimum Gasteiger partial charge on any atom is -0.398 e. The lowest BCUT2D eigenvalue weighted by Crippen LogP contribution is -2.20. The Balaban J connectivity index is 1.90. The van der Waals surface area contributed by atoms with E-state index >= 15 is 0 Å². The van der Waals surface area contributed by atoms with E-state index in [-0.39, 0.29) is 5.95 Å². The van der Waals surface area contributed by atoms with E-state index in [1.165, 1.54) is 11.1 Å². The van der Waals surface area contributed by atoms with Gasteiger partial charge in [0, 0.05) is 29.7 Å². The van der Waals surface area contributed by atoms with Crippen LogP contribution < -0.4 is 11.5 Å². The number of aromatic nitrogens is 2. The Hall–Kier alpha value is -2.66. The van der Waals surface area contributed by atoms with Gasteiger partial charge in [0.15, 0.2) is 0 Å². The molecule has 122 valence electrons. The monoisotopic (exact) mass is 319 g/mol. The van der Waals surface area contributed by atoms with Gasteiger partial charge in [0.05, 0.1) is 11.2 Å². The molecule has 0 aliphatic carbocycles. The molecule has 0 unspecified atom stereocenters. The Morgan fingerprint density at radius 2 is 1.75 bits per heavy atom. The molecule has 0 fully saturated rings. The fourth-order valence-electron chi connectivity index (χ4n) is 3.42. The maximum atomic E-state index is 6.20. The number of hydrogen-bond acceptors (Lipinski definition) is 5. The van der Waals surface area contributed by atoms with E-state index in [1.807, 2.05) is 18.2 Å². The normalized spacial score (nSPS) is 15.2. The third kappa shape index (κ3) is 2.57. The molecule has 1 aliphatic rings. The molecule has 0 atom stereocenters. The maximum absolute atomic E-state index is 6.20. The predicted octanol–water partition coefficient (Wildman–Crippen LogP) is 2.49. The summed E-state index contributed by atoms with van der Waals surface area (Å²) in [6, 6.07) is 12.3. The van der Waals surface area contributed by atoms with Gasteiger partial charge in [0.1, 0.15) is 0 Å². The van der Waals surface area contributed by atoms with Gasteiger partial charge in [-0.25, -0.2) is 9.97 Å². The summed E-state index contributed by atoms with van der Waals surface area (Å²) in [5.41, 5.74) is 18.3. The summed E-state index contributed by atoms with van der Waals surface area (Å²) in [6.45, 7) is 2.17. The van der Waals surface area contributed by atoms with Gasteiger partial charge in [-0.3, -0.25) is 0 Å². The smallest absolute Gasteiger partial charge is 0.221 e. The van der Waals surface area contributed by atoms with Gasteiger partial charge in [-0.2, -0.15) is 0 Å². The van der Waals surface area contributed by atoms with Gasteiger partial charge in [-0.05, 0) is 49.2 Å². The van der Waals surface area contributed by atoms with E-state index in [9.17, 15) is 0 Å². The average Bonchev–Trinajstić information content (AvgIpc) is 2.75. The van der Waals surface area contributed by atoms with Crippen LogP contribution in [-0.2, 0) is 12.8 Å². The molecular formula is C19H21N5. The molecule has 3 aromatic rings. The second-order valence-corrected chi connectivity index (χ2v) is 6.46. The zero-order valence-corrected chi connectivity index (χ0v) is 13.8. The number of anilines is 2. The fraction of sp³-hybridized carbons (Fsp3) is 0.263. The molecule has 0 amide bonds. The number of likely N-dealkylation sites (N-methyl/N-ethyl adjacent to an activating group) is 1. The molecule has 5 nitrogen and oxygen atoms in total. The molecule has 2 heterocycles. The molecule has 1 aromatic heterocycles. The highest BCUT2D eigenvalue weighted by Gasteiger charge is 2.15. The number of nitrogens with zero attached hydrogens (tertiary/aromatic N) is 3. The Bertz CT molecular complexity index is 919. The zero-order chi connectivity index (χ0) is 16.7. The SMILES string of the molecule is CN1CCc2ccc(-c3nc(N)nc4cccc(N)c34)cc2CC1. The highest BCUT2D eigenvalue weighted by Crippen LogP contribution is 2.32. The molecule has 0 radical (unpaired) electrons. The minimum absolute atomic E-state index is 0.276. The summed E-state index contributed by atoms with van der Waals surface area (Å²) in [6.07, 6.45) is 2.13. The van der Waals surface area contributed by atoms with Gasteiger partial charge < -0.3 is 16.4 Å². The van der Waals surface area contributed by atoms with Crippen molar-refractivity contribution >= 4 is 22.5 Å². The molecule has 0 saturated carbocycles. The summed E-state index contributed by atoms with van der Waals surface area (Å²) >= 11 is 0. The van der Waals surface area contributed by atoms with Crippen LogP contribution in [-0.4, -0.2) is 35.0 Å². The van der Waals surface area contributed by atoms with Crippen molar-refractivity contribution in [3.05, 3.63) is 47.5 Å². The third-order valence-electron chi connectivity index (χ3n) is 4.78. The molecule has 4 N–H and O–H groups in total. The fourth-order valence-corrected chi connectivity index (χ4v) is 3.42. The topological polar surface area (TPSA) is 81.1 Å². The van der Waals surface area contributed by atoms with Crippen molar-refractivity contribution in [1.82, 2.24) is 14.9 Å². The van der Waals surface area contributed by atoms with Gasteiger partial charge in [-0.15, -0.1) is 0 Å². The van der Waals surface area contributed by atoms with E-state index in [2.05, 4.69) is 40.1 Å². The van der Waals surface area contributed by atoms with Crippen molar-refractivity contribution in [1.29, 1.82) is 0 Å². The quantitative estimate of drug-likeness (QED) is 0.674. The first-order valence-corrected chi connectivity index (χ1v) is 8.24. The summed E-state index contributed by atoms with van der Waals surface area (Å²) in [7, 11) is 2.17. The van der Waals surface area contributed by atoms with E-state index in [1.54, 1.807) is 0 Å².